The minimum absolute atomic E-state index is 0.724. The minimum atomic E-state index is 0.724. The van der Waals surface area contributed by atoms with Gasteiger partial charge in [0.15, 0.2) is 0 Å². The average molecular weight is 252 g/mol. The molecule has 1 saturated carbocycles. The van der Waals surface area contributed by atoms with Crippen LogP contribution >= 0.6 is 0 Å². The molecule has 0 radical (unpaired) electrons. The summed E-state index contributed by atoms with van der Waals surface area (Å²) in [6.45, 7) is 11.0. The molecule has 2 rings (SSSR count). The number of hydrogen-bond donors (Lipinski definition) is 1. The van der Waals surface area contributed by atoms with E-state index in [-0.39, 0.29) is 0 Å². The number of rotatable bonds is 5. The molecule has 1 heterocycles. The summed E-state index contributed by atoms with van der Waals surface area (Å²) < 4.78 is 0. The first kappa shape index (κ1) is 14.3. The largest absolute Gasteiger partial charge is 0.312 e. The predicted octanol–water partition coefficient (Wildman–Crippen LogP) is 3.28. The molecule has 2 heteroatoms. The van der Waals surface area contributed by atoms with Gasteiger partial charge >= 0.3 is 0 Å². The Balaban J connectivity index is 1.76. The van der Waals surface area contributed by atoms with E-state index in [1.165, 1.54) is 58.2 Å². The quantitative estimate of drug-likeness (QED) is 0.808. The SMILES string of the molecule is CC(C)C1CCCCC1NCC(C)N1CCCC1. The fourth-order valence-electron chi connectivity index (χ4n) is 3.84. The van der Waals surface area contributed by atoms with E-state index >= 15 is 0 Å². The van der Waals surface area contributed by atoms with Crippen molar-refractivity contribution in [2.24, 2.45) is 11.8 Å². The number of hydrogen-bond acceptors (Lipinski definition) is 2. The third-order valence-corrected chi connectivity index (χ3v) is 5.12. The summed E-state index contributed by atoms with van der Waals surface area (Å²) in [5.41, 5.74) is 0. The Morgan fingerprint density at radius 2 is 1.67 bits per heavy atom. The molecular formula is C16H32N2. The lowest BCUT2D eigenvalue weighted by Crippen LogP contribution is -2.47. The molecule has 1 aliphatic carbocycles. The summed E-state index contributed by atoms with van der Waals surface area (Å²) in [4.78, 5) is 2.65. The third kappa shape index (κ3) is 3.71. The minimum Gasteiger partial charge on any atom is -0.312 e. The van der Waals surface area contributed by atoms with Crippen molar-refractivity contribution in [1.82, 2.24) is 10.2 Å². The van der Waals surface area contributed by atoms with Crippen molar-refractivity contribution in [3.63, 3.8) is 0 Å². The van der Waals surface area contributed by atoms with Crippen molar-refractivity contribution in [2.45, 2.75) is 71.4 Å². The Bertz CT molecular complexity index is 233. The molecule has 2 aliphatic rings. The lowest BCUT2D eigenvalue weighted by molar-refractivity contribution is 0.183. The van der Waals surface area contributed by atoms with E-state index in [1.807, 2.05) is 0 Å². The van der Waals surface area contributed by atoms with Crippen molar-refractivity contribution in [2.75, 3.05) is 19.6 Å². The monoisotopic (exact) mass is 252 g/mol. The highest BCUT2D eigenvalue weighted by atomic mass is 15.2. The highest BCUT2D eigenvalue weighted by Crippen LogP contribution is 2.30. The van der Waals surface area contributed by atoms with Crippen LogP contribution in [0, 0.1) is 11.8 Å². The summed E-state index contributed by atoms with van der Waals surface area (Å²) in [6, 6.07) is 1.51. The molecule has 106 valence electrons. The maximum absolute atomic E-state index is 3.89. The molecular weight excluding hydrogens is 220 g/mol. The molecule has 0 amide bonds. The number of nitrogens with one attached hydrogen (secondary N) is 1. The predicted molar refractivity (Wildman–Crippen MR) is 78.9 cm³/mol. The summed E-state index contributed by atoms with van der Waals surface area (Å²) in [5, 5.41) is 3.89. The fraction of sp³-hybridized carbons (Fsp3) is 1.00. The van der Waals surface area contributed by atoms with Crippen molar-refractivity contribution in [3.05, 3.63) is 0 Å². The Kier molecular flexibility index (Phi) is 5.50. The maximum atomic E-state index is 3.89. The second-order valence-corrected chi connectivity index (χ2v) is 6.80. The van der Waals surface area contributed by atoms with Crippen LogP contribution in [0.4, 0.5) is 0 Å². The molecule has 2 nitrogen and oxygen atoms in total. The second-order valence-electron chi connectivity index (χ2n) is 6.80. The molecule has 0 aromatic carbocycles. The molecule has 3 atom stereocenters. The summed E-state index contributed by atoms with van der Waals surface area (Å²) in [6.07, 6.45) is 8.52. The topological polar surface area (TPSA) is 15.3 Å². The van der Waals surface area contributed by atoms with Crippen LogP contribution in [0.3, 0.4) is 0 Å². The van der Waals surface area contributed by atoms with Crippen LogP contribution in [0.2, 0.25) is 0 Å². The highest BCUT2D eigenvalue weighted by molar-refractivity contribution is 4.84. The van der Waals surface area contributed by atoms with Crippen LogP contribution in [-0.2, 0) is 0 Å². The van der Waals surface area contributed by atoms with Crippen LogP contribution in [0.15, 0.2) is 0 Å². The van der Waals surface area contributed by atoms with Crippen molar-refractivity contribution in [1.29, 1.82) is 0 Å². The zero-order chi connectivity index (χ0) is 13.0. The van der Waals surface area contributed by atoms with E-state index in [2.05, 4.69) is 31.0 Å². The Morgan fingerprint density at radius 3 is 2.33 bits per heavy atom. The lowest BCUT2D eigenvalue weighted by atomic mass is 9.78. The summed E-state index contributed by atoms with van der Waals surface area (Å²) in [7, 11) is 0. The molecule has 0 aromatic heterocycles. The van der Waals surface area contributed by atoms with Gasteiger partial charge in [0.25, 0.3) is 0 Å². The van der Waals surface area contributed by atoms with Gasteiger partial charge in [0.1, 0.15) is 0 Å². The molecule has 0 aromatic rings. The van der Waals surface area contributed by atoms with Gasteiger partial charge in [-0.25, -0.2) is 0 Å². The number of nitrogens with zero attached hydrogens (tertiary/aromatic N) is 1. The van der Waals surface area contributed by atoms with E-state index in [9.17, 15) is 0 Å². The average Bonchev–Trinajstić information content (AvgIpc) is 2.90. The Morgan fingerprint density at radius 1 is 1.00 bits per heavy atom. The molecule has 0 bridgehead atoms. The van der Waals surface area contributed by atoms with E-state index in [1.54, 1.807) is 0 Å². The van der Waals surface area contributed by atoms with Gasteiger partial charge in [-0.05, 0) is 57.5 Å². The standard InChI is InChI=1S/C16H32N2/c1-13(2)15-8-4-5-9-16(15)17-12-14(3)18-10-6-7-11-18/h13-17H,4-12H2,1-3H3. The van der Waals surface area contributed by atoms with E-state index in [0.29, 0.717) is 0 Å². The van der Waals surface area contributed by atoms with Gasteiger partial charge in [0.05, 0.1) is 0 Å². The lowest BCUT2D eigenvalue weighted by Gasteiger charge is -2.36. The summed E-state index contributed by atoms with van der Waals surface area (Å²) >= 11 is 0. The third-order valence-electron chi connectivity index (χ3n) is 5.12. The first-order valence-electron chi connectivity index (χ1n) is 8.16. The first-order chi connectivity index (χ1) is 8.68. The maximum Gasteiger partial charge on any atom is 0.0192 e. The smallest absolute Gasteiger partial charge is 0.0192 e. The van der Waals surface area contributed by atoms with Crippen LogP contribution in [0.25, 0.3) is 0 Å². The van der Waals surface area contributed by atoms with Crippen LogP contribution in [-0.4, -0.2) is 36.6 Å². The Hall–Kier alpha value is -0.0800. The van der Waals surface area contributed by atoms with Gasteiger partial charge < -0.3 is 5.32 Å². The summed E-state index contributed by atoms with van der Waals surface area (Å²) in [5.74, 6) is 1.74. The van der Waals surface area contributed by atoms with E-state index in [4.69, 9.17) is 0 Å². The molecule has 0 spiro atoms. The van der Waals surface area contributed by atoms with E-state index < -0.39 is 0 Å². The second kappa shape index (κ2) is 6.91. The van der Waals surface area contributed by atoms with Gasteiger partial charge in [0.2, 0.25) is 0 Å². The normalized spacial score (nSPS) is 32.0. The molecule has 1 saturated heterocycles. The van der Waals surface area contributed by atoms with E-state index in [0.717, 1.165) is 23.9 Å². The molecule has 18 heavy (non-hydrogen) atoms. The highest BCUT2D eigenvalue weighted by Gasteiger charge is 2.28. The molecule has 1 N–H and O–H groups in total. The van der Waals surface area contributed by atoms with Gasteiger partial charge in [-0.1, -0.05) is 26.7 Å². The van der Waals surface area contributed by atoms with Gasteiger partial charge in [-0.15, -0.1) is 0 Å². The van der Waals surface area contributed by atoms with Gasteiger partial charge in [-0.3, -0.25) is 4.90 Å². The van der Waals surface area contributed by atoms with Crippen LogP contribution in [0.5, 0.6) is 0 Å². The van der Waals surface area contributed by atoms with Crippen molar-refractivity contribution >= 4 is 0 Å². The molecule has 1 aliphatic heterocycles. The zero-order valence-electron chi connectivity index (χ0n) is 12.6. The molecule has 3 unspecified atom stereocenters. The Labute approximate surface area is 114 Å². The first-order valence-corrected chi connectivity index (χ1v) is 8.16. The van der Waals surface area contributed by atoms with Crippen LogP contribution < -0.4 is 5.32 Å². The van der Waals surface area contributed by atoms with Crippen molar-refractivity contribution < 1.29 is 0 Å². The van der Waals surface area contributed by atoms with Crippen LogP contribution in [0.1, 0.15) is 59.3 Å². The van der Waals surface area contributed by atoms with Crippen molar-refractivity contribution in [3.8, 4) is 0 Å². The zero-order valence-corrected chi connectivity index (χ0v) is 12.6. The fourth-order valence-corrected chi connectivity index (χ4v) is 3.84. The van der Waals surface area contributed by atoms with Gasteiger partial charge in [-0.2, -0.15) is 0 Å². The molecule has 2 fully saturated rings. The number of likely N-dealkylation sites (tertiary alicyclic amines) is 1. The van der Waals surface area contributed by atoms with Gasteiger partial charge in [0, 0.05) is 18.6 Å².